The first kappa shape index (κ1) is 15.3. The van der Waals surface area contributed by atoms with E-state index < -0.39 is 0 Å². The smallest absolute Gasteiger partial charge is 0.118 e. The normalized spacial score (nSPS) is 27.5. The number of methoxy groups -OCH3 is 1. The van der Waals surface area contributed by atoms with Gasteiger partial charge in [0.25, 0.3) is 0 Å². The van der Waals surface area contributed by atoms with E-state index in [0.717, 1.165) is 24.6 Å². The Morgan fingerprint density at radius 2 is 1.95 bits per heavy atom. The van der Waals surface area contributed by atoms with Crippen molar-refractivity contribution in [2.45, 2.75) is 38.8 Å². The molecule has 3 unspecified atom stereocenters. The van der Waals surface area contributed by atoms with Gasteiger partial charge < -0.3 is 15.0 Å². The Labute approximate surface area is 123 Å². The molecule has 1 saturated heterocycles. The summed E-state index contributed by atoms with van der Waals surface area (Å²) in [4.78, 5) is 2.46. The van der Waals surface area contributed by atoms with Crippen molar-refractivity contribution in [2.24, 2.45) is 5.92 Å². The van der Waals surface area contributed by atoms with Crippen LogP contribution in [0.3, 0.4) is 0 Å². The molecule has 1 N–H and O–H groups in total. The van der Waals surface area contributed by atoms with E-state index in [-0.39, 0.29) is 0 Å². The molecule has 20 heavy (non-hydrogen) atoms. The lowest BCUT2D eigenvalue weighted by Gasteiger charge is -2.40. The monoisotopic (exact) mass is 276 g/mol. The quantitative estimate of drug-likeness (QED) is 0.894. The molecule has 0 saturated carbocycles. The van der Waals surface area contributed by atoms with E-state index in [1.54, 1.807) is 7.11 Å². The first-order valence-corrected chi connectivity index (χ1v) is 7.66. The second kappa shape index (κ2) is 7.09. The van der Waals surface area contributed by atoms with Crippen LogP contribution in [-0.4, -0.2) is 44.2 Å². The highest BCUT2D eigenvalue weighted by atomic mass is 16.5. The van der Waals surface area contributed by atoms with E-state index in [4.69, 9.17) is 4.74 Å². The topological polar surface area (TPSA) is 24.5 Å². The van der Waals surface area contributed by atoms with E-state index in [9.17, 15) is 0 Å². The number of benzene rings is 1. The maximum atomic E-state index is 5.18. The first-order chi connectivity index (χ1) is 9.60. The number of piperidine rings is 1. The van der Waals surface area contributed by atoms with E-state index >= 15 is 0 Å². The van der Waals surface area contributed by atoms with Crippen LogP contribution in [0.5, 0.6) is 5.75 Å². The molecule has 1 aliphatic heterocycles. The number of nitrogens with one attached hydrogen (secondary N) is 1. The van der Waals surface area contributed by atoms with Crippen molar-refractivity contribution in [3.63, 3.8) is 0 Å². The Morgan fingerprint density at radius 3 is 2.60 bits per heavy atom. The standard InChI is InChI=1S/C17H28N2O/c1-13-12-19(3)14(2)11-17(13)18-10-9-15-5-7-16(20-4)8-6-15/h5-8,13-14,17-18H,9-12H2,1-4H3. The summed E-state index contributed by atoms with van der Waals surface area (Å²) < 4.78 is 5.18. The van der Waals surface area contributed by atoms with E-state index in [2.05, 4.69) is 43.2 Å². The van der Waals surface area contributed by atoms with Crippen molar-refractivity contribution in [1.82, 2.24) is 10.2 Å². The fourth-order valence-corrected chi connectivity index (χ4v) is 3.02. The average molecular weight is 276 g/mol. The number of ether oxygens (including phenoxy) is 1. The molecule has 0 amide bonds. The van der Waals surface area contributed by atoms with Crippen molar-refractivity contribution in [3.8, 4) is 5.75 Å². The van der Waals surface area contributed by atoms with E-state index in [0.29, 0.717) is 12.1 Å². The summed E-state index contributed by atoms with van der Waals surface area (Å²) in [5.41, 5.74) is 1.37. The fourth-order valence-electron chi connectivity index (χ4n) is 3.02. The summed E-state index contributed by atoms with van der Waals surface area (Å²) in [6.45, 7) is 6.93. The number of rotatable bonds is 5. The van der Waals surface area contributed by atoms with Crippen LogP contribution in [0.4, 0.5) is 0 Å². The zero-order valence-electron chi connectivity index (χ0n) is 13.2. The molecule has 0 aliphatic carbocycles. The van der Waals surface area contributed by atoms with Crippen LogP contribution in [0, 0.1) is 5.92 Å². The summed E-state index contributed by atoms with van der Waals surface area (Å²) in [5, 5.41) is 3.74. The van der Waals surface area contributed by atoms with Crippen LogP contribution in [0.15, 0.2) is 24.3 Å². The van der Waals surface area contributed by atoms with Crippen LogP contribution in [-0.2, 0) is 6.42 Å². The highest BCUT2D eigenvalue weighted by Gasteiger charge is 2.28. The minimum atomic E-state index is 0.652. The minimum absolute atomic E-state index is 0.652. The third-order valence-corrected chi connectivity index (χ3v) is 4.59. The first-order valence-electron chi connectivity index (χ1n) is 7.66. The van der Waals surface area contributed by atoms with Crippen molar-refractivity contribution >= 4 is 0 Å². The lowest BCUT2D eigenvalue weighted by molar-refractivity contribution is 0.122. The van der Waals surface area contributed by atoms with Crippen LogP contribution in [0.25, 0.3) is 0 Å². The van der Waals surface area contributed by atoms with Gasteiger partial charge in [-0.2, -0.15) is 0 Å². The highest BCUT2D eigenvalue weighted by molar-refractivity contribution is 5.27. The lowest BCUT2D eigenvalue weighted by Crippen LogP contribution is -2.51. The number of likely N-dealkylation sites (tertiary alicyclic amines) is 1. The predicted octanol–water partition coefficient (Wildman–Crippen LogP) is 2.56. The largest absolute Gasteiger partial charge is 0.497 e. The summed E-state index contributed by atoms with van der Waals surface area (Å²) in [7, 11) is 3.94. The van der Waals surface area contributed by atoms with Crippen LogP contribution >= 0.6 is 0 Å². The Hall–Kier alpha value is -1.06. The summed E-state index contributed by atoms with van der Waals surface area (Å²) >= 11 is 0. The van der Waals surface area contributed by atoms with Crippen LogP contribution in [0.2, 0.25) is 0 Å². The minimum Gasteiger partial charge on any atom is -0.497 e. The zero-order chi connectivity index (χ0) is 14.5. The molecule has 3 atom stereocenters. The molecule has 0 spiro atoms. The van der Waals surface area contributed by atoms with Crippen molar-refractivity contribution in [3.05, 3.63) is 29.8 Å². The summed E-state index contributed by atoms with van der Waals surface area (Å²) in [6, 6.07) is 9.72. The molecule has 0 radical (unpaired) electrons. The number of hydrogen-bond donors (Lipinski definition) is 1. The maximum absolute atomic E-state index is 5.18. The van der Waals surface area contributed by atoms with Gasteiger partial charge in [0.15, 0.2) is 0 Å². The fraction of sp³-hybridized carbons (Fsp3) is 0.647. The van der Waals surface area contributed by atoms with Gasteiger partial charge in [-0.1, -0.05) is 19.1 Å². The van der Waals surface area contributed by atoms with Gasteiger partial charge in [-0.15, -0.1) is 0 Å². The highest BCUT2D eigenvalue weighted by Crippen LogP contribution is 2.20. The molecule has 3 nitrogen and oxygen atoms in total. The molecular formula is C17H28N2O. The second-order valence-corrected chi connectivity index (χ2v) is 6.16. The molecule has 1 aromatic rings. The molecule has 1 fully saturated rings. The maximum Gasteiger partial charge on any atom is 0.118 e. The van der Waals surface area contributed by atoms with Gasteiger partial charge in [-0.05, 0) is 57.0 Å². The Balaban J connectivity index is 1.77. The van der Waals surface area contributed by atoms with Crippen molar-refractivity contribution in [2.75, 3.05) is 27.2 Å². The van der Waals surface area contributed by atoms with Gasteiger partial charge in [0, 0.05) is 18.6 Å². The van der Waals surface area contributed by atoms with E-state index in [1.165, 1.54) is 18.5 Å². The van der Waals surface area contributed by atoms with Crippen LogP contribution < -0.4 is 10.1 Å². The molecule has 112 valence electrons. The summed E-state index contributed by atoms with van der Waals surface area (Å²) in [6.07, 6.45) is 2.33. The zero-order valence-corrected chi connectivity index (χ0v) is 13.2. The molecule has 1 aromatic carbocycles. The SMILES string of the molecule is COc1ccc(CCNC2CC(C)N(C)CC2C)cc1. The lowest BCUT2D eigenvalue weighted by atomic mass is 9.90. The molecule has 3 heteroatoms. The Morgan fingerprint density at radius 1 is 1.25 bits per heavy atom. The molecule has 1 heterocycles. The second-order valence-electron chi connectivity index (χ2n) is 6.16. The Bertz CT molecular complexity index is 404. The van der Waals surface area contributed by atoms with Gasteiger partial charge in [0.1, 0.15) is 5.75 Å². The third kappa shape index (κ3) is 3.97. The molecule has 1 aliphatic rings. The third-order valence-electron chi connectivity index (χ3n) is 4.59. The molecule has 0 aromatic heterocycles. The van der Waals surface area contributed by atoms with Gasteiger partial charge >= 0.3 is 0 Å². The Kier molecular flexibility index (Phi) is 5.44. The van der Waals surface area contributed by atoms with E-state index in [1.807, 2.05) is 12.1 Å². The van der Waals surface area contributed by atoms with Crippen molar-refractivity contribution in [1.29, 1.82) is 0 Å². The number of hydrogen-bond acceptors (Lipinski definition) is 3. The number of nitrogens with zero attached hydrogens (tertiary/aromatic N) is 1. The van der Waals surface area contributed by atoms with Gasteiger partial charge in [0.05, 0.1) is 7.11 Å². The van der Waals surface area contributed by atoms with Gasteiger partial charge in [-0.3, -0.25) is 0 Å². The van der Waals surface area contributed by atoms with Crippen LogP contribution in [0.1, 0.15) is 25.8 Å². The molecule has 2 rings (SSSR count). The molecule has 0 bridgehead atoms. The van der Waals surface area contributed by atoms with Gasteiger partial charge in [-0.25, -0.2) is 0 Å². The van der Waals surface area contributed by atoms with Gasteiger partial charge in [0.2, 0.25) is 0 Å². The molecular weight excluding hydrogens is 248 g/mol. The predicted molar refractivity (Wildman–Crippen MR) is 84.4 cm³/mol. The van der Waals surface area contributed by atoms with Crippen molar-refractivity contribution < 1.29 is 4.74 Å². The average Bonchev–Trinajstić information content (AvgIpc) is 2.45. The summed E-state index contributed by atoms with van der Waals surface area (Å²) in [5.74, 6) is 1.66.